The fourth-order valence-electron chi connectivity index (χ4n) is 3.93. The van der Waals surface area contributed by atoms with Gasteiger partial charge in [-0.2, -0.15) is 0 Å². The van der Waals surface area contributed by atoms with Crippen molar-refractivity contribution < 1.29 is 14.7 Å². The van der Waals surface area contributed by atoms with Crippen LogP contribution in [0.4, 0.5) is 5.69 Å². The molecule has 24 heavy (non-hydrogen) atoms. The van der Waals surface area contributed by atoms with Gasteiger partial charge < -0.3 is 15.3 Å². The highest BCUT2D eigenvalue weighted by Gasteiger charge is 2.40. The first kappa shape index (κ1) is 17.0. The maximum absolute atomic E-state index is 12.6. The quantitative estimate of drug-likeness (QED) is 0.868. The van der Waals surface area contributed by atoms with E-state index in [9.17, 15) is 14.7 Å². The van der Waals surface area contributed by atoms with Crippen molar-refractivity contribution in [2.24, 2.45) is 5.92 Å². The number of amides is 2. The maximum Gasteiger partial charge on any atom is 0.227 e. The largest absolute Gasteiger partial charge is 0.394 e. The number of aryl methyl sites for hydroxylation is 1. The molecule has 1 aromatic rings. The molecule has 5 heteroatoms. The van der Waals surface area contributed by atoms with E-state index in [1.807, 2.05) is 24.3 Å². The summed E-state index contributed by atoms with van der Waals surface area (Å²) in [6.07, 6.45) is 4.79. The molecule has 1 heterocycles. The van der Waals surface area contributed by atoms with Gasteiger partial charge in [0.05, 0.1) is 18.1 Å². The Morgan fingerprint density at radius 1 is 1.33 bits per heavy atom. The van der Waals surface area contributed by atoms with E-state index in [0.717, 1.165) is 43.4 Å². The molecule has 1 atom stereocenters. The highest BCUT2D eigenvalue weighted by atomic mass is 16.3. The number of rotatable bonds is 5. The summed E-state index contributed by atoms with van der Waals surface area (Å²) >= 11 is 0. The number of aliphatic hydroxyl groups is 1. The zero-order valence-electron chi connectivity index (χ0n) is 14.3. The molecule has 1 unspecified atom stereocenters. The Hall–Kier alpha value is -1.88. The molecular formula is C19H26N2O3. The van der Waals surface area contributed by atoms with Crippen molar-refractivity contribution in [3.8, 4) is 0 Å². The molecule has 1 aliphatic heterocycles. The lowest BCUT2D eigenvalue weighted by molar-refractivity contribution is -0.128. The van der Waals surface area contributed by atoms with Crippen LogP contribution in [-0.2, 0) is 16.0 Å². The van der Waals surface area contributed by atoms with Gasteiger partial charge >= 0.3 is 0 Å². The van der Waals surface area contributed by atoms with Gasteiger partial charge in [-0.05, 0) is 30.9 Å². The predicted molar refractivity (Wildman–Crippen MR) is 92.7 cm³/mol. The van der Waals surface area contributed by atoms with E-state index in [1.54, 1.807) is 4.90 Å². The second-order valence-electron chi connectivity index (χ2n) is 7.02. The van der Waals surface area contributed by atoms with Gasteiger partial charge in [0.1, 0.15) is 0 Å². The second kappa shape index (κ2) is 6.93. The molecule has 0 aromatic heterocycles. The van der Waals surface area contributed by atoms with Crippen LogP contribution in [0.25, 0.3) is 0 Å². The molecule has 130 valence electrons. The van der Waals surface area contributed by atoms with Gasteiger partial charge in [-0.3, -0.25) is 9.59 Å². The lowest BCUT2D eigenvalue weighted by Gasteiger charge is -2.29. The van der Waals surface area contributed by atoms with Crippen LogP contribution in [-0.4, -0.2) is 35.6 Å². The molecule has 1 saturated carbocycles. The van der Waals surface area contributed by atoms with Crippen LogP contribution in [0.3, 0.4) is 0 Å². The van der Waals surface area contributed by atoms with E-state index >= 15 is 0 Å². The summed E-state index contributed by atoms with van der Waals surface area (Å²) < 4.78 is 0. The molecule has 1 saturated heterocycles. The third-order valence-corrected chi connectivity index (χ3v) is 5.41. The van der Waals surface area contributed by atoms with Gasteiger partial charge in [0.25, 0.3) is 0 Å². The van der Waals surface area contributed by atoms with Gasteiger partial charge in [-0.25, -0.2) is 0 Å². The maximum atomic E-state index is 12.6. The third-order valence-electron chi connectivity index (χ3n) is 5.41. The van der Waals surface area contributed by atoms with Crippen LogP contribution in [0.5, 0.6) is 0 Å². The molecule has 0 bridgehead atoms. The lowest BCUT2D eigenvalue weighted by atomic mass is 9.97. The summed E-state index contributed by atoms with van der Waals surface area (Å²) in [6, 6.07) is 7.87. The number of aliphatic hydroxyl groups excluding tert-OH is 1. The van der Waals surface area contributed by atoms with Gasteiger partial charge in [0, 0.05) is 18.7 Å². The average Bonchev–Trinajstić information content (AvgIpc) is 3.22. The number of nitrogens with one attached hydrogen (secondary N) is 1. The Kier molecular flexibility index (Phi) is 4.90. The van der Waals surface area contributed by atoms with Crippen LogP contribution in [0, 0.1) is 5.92 Å². The SMILES string of the molecule is CCc1ccccc1N1CC(C(=O)NC2(CO)CCCC2)CC1=O. The van der Waals surface area contributed by atoms with E-state index in [0.29, 0.717) is 6.54 Å². The monoisotopic (exact) mass is 330 g/mol. The lowest BCUT2D eigenvalue weighted by Crippen LogP contribution is -2.51. The zero-order chi connectivity index (χ0) is 17.2. The summed E-state index contributed by atoms with van der Waals surface area (Å²) in [5.74, 6) is -0.442. The van der Waals surface area contributed by atoms with Gasteiger partial charge in [0.15, 0.2) is 0 Å². The second-order valence-corrected chi connectivity index (χ2v) is 7.02. The highest BCUT2D eigenvalue weighted by Crippen LogP contribution is 2.32. The molecule has 2 aliphatic rings. The molecule has 0 spiro atoms. The Bertz CT molecular complexity index is 623. The number of benzene rings is 1. The Balaban J connectivity index is 1.71. The molecule has 1 aliphatic carbocycles. The standard InChI is InChI=1S/C19H26N2O3/c1-2-14-7-3-4-8-16(14)21-12-15(11-17(21)23)18(24)20-19(13-22)9-5-6-10-19/h3-4,7-8,15,22H,2,5-6,9-13H2,1H3,(H,20,24). The molecule has 3 rings (SSSR count). The van der Waals surface area contributed by atoms with E-state index in [-0.39, 0.29) is 30.8 Å². The van der Waals surface area contributed by atoms with Crippen molar-refractivity contribution in [3.05, 3.63) is 29.8 Å². The van der Waals surface area contributed by atoms with E-state index < -0.39 is 5.54 Å². The molecule has 2 amide bonds. The first-order valence-corrected chi connectivity index (χ1v) is 8.90. The minimum absolute atomic E-state index is 0.000482. The van der Waals surface area contributed by atoms with E-state index in [1.165, 1.54) is 0 Å². The summed E-state index contributed by atoms with van der Waals surface area (Å²) in [5, 5.41) is 12.7. The van der Waals surface area contributed by atoms with Crippen molar-refractivity contribution in [1.82, 2.24) is 5.32 Å². The van der Waals surface area contributed by atoms with Crippen molar-refractivity contribution in [2.45, 2.75) is 51.0 Å². The fraction of sp³-hybridized carbons (Fsp3) is 0.579. The number of hydrogen-bond acceptors (Lipinski definition) is 3. The van der Waals surface area contributed by atoms with Crippen LogP contribution in [0.2, 0.25) is 0 Å². The number of carbonyl (C=O) groups is 2. The third kappa shape index (κ3) is 3.18. The molecule has 1 aromatic carbocycles. The Labute approximate surface area is 143 Å². The average molecular weight is 330 g/mol. The number of carbonyl (C=O) groups excluding carboxylic acids is 2. The molecule has 5 nitrogen and oxygen atoms in total. The summed E-state index contributed by atoms with van der Waals surface area (Å²) in [5.41, 5.74) is 1.56. The Morgan fingerprint density at radius 3 is 2.71 bits per heavy atom. The first-order valence-electron chi connectivity index (χ1n) is 8.90. The topological polar surface area (TPSA) is 69.6 Å². The minimum atomic E-state index is -0.477. The normalized spacial score (nSPS) is 22.8. The molecular weight excluding hydrogens is 304 g/mol. The summed E-state index contributed by atoms with van der Waals surface area (Å²) in [7, 11) is 0. The molecule has 2 N–H and O–H groups in total. The molecule has 0 radical (unpaired) electrons. The zero-order valence-corrected chi connectivity index (χ0v) is 14.3. The number of anilines is 1. The van der Waals surface area contributed by atoms with Crippen molar-refractivity contribution in [3.63, 3.8) is 0 Å². The van der Waals surface area contributed by atoms with E-state index in [4.69, 9.17) is 0 Å². The van der Waals surface area contributed by atoms with Crippen molar-refractivity contribution in [2.75, 3.05) is 18.1 Å². The summed E-state index contributed by atoms with van der Waals surface area (Å²) in [4.78, 5) is 26.8. The van der Waals surface area contributed by atoms with Gasteiger partial charge in [0.2, 0.25) is 11.8 Å². The van der Waals surface area contributed by atoms with Crippen molar-refractivity contribution in [1.29, 1.82) is 0 Å². The van der Waals surface area contributed by atoms with Gasteiger partial charge in [-0.1, -0.05) is 38.0 Å². The van der Waals surface area contributed by atoms with Crippen LogP contribution in [0.1, 0.15) is 44.6 Å². The molecule has 2 fully saturated rings. The van der Waals surface area contributed by atoms with Crippen molar-refractivity contribution >= 4 is 17.5 Å². The predicted octanol–water partition coefficient (Wildman–Crippen LogP) is 2.02. The number of hydrogen-bond donors (Lipinski definition) is 2. The van der Waals surface area contributed by atoms with E-state index in [2.05, 4.69) is 12.2 Å². The van der Waals surface area contributed by atoms with Gasteiger partial charge in [-0.15, -0.1) is 0 Å². The Morgan fingerprint density at radius 2 is 2.04 bits per heavy atom. The van der Waals surface area contributed by atoms with Crippen LogP contribution < -0.4 is 10.2 Å². The first-order chi connectivity index (χ1) is 11.6. The summed E-state index contributed by atoms with van der Waals surface area (Å²) in [6.45, 7) is 2.46. The van der Waals surface area contributed by atoms with Crippen LogP contribution in [0.15, 0.2) is 24.3 Å². The smallest absolute Gasteiger partial charge is 0.227 e. The minimum Gasteiger partial charge on any atom is -0.394 e. The highest BCUT2D eigenvalue weighted by molar-refractivity contribution is 6.00. The number of nitrogens with zero attached hydrogens (tertiary/aromatic N) is 1. The fourth-order valence-corrected chi connectivity index (χ4v) is 3.93. The van der Waals surface area contributed by atoms with Crippen LogP contribution >= 0.6 is 0 Å². The number of para-hydroxylation sites is 1.